The number of halogens is 1. The molecule has 3 N–H and O–H groups in total. The zero-order chi connectivity index (χ0) is 19.7. The number of nitrogens with zero attached hydrogens (tertiary/aromatic N) is 1. The van der Waals surface area contributed by atoms with Crippen LogP contribution < -0.4 is 11.1 Å². The van der Waals surface area contributed by atoms with Gasteiger partial charge >= 0.3 is 0 Å². The standard InChI is InChI=1S/C22H24ClN3OS/c1-2-13-5-8-18-15(11-13)12-17-19(24)20(28-22(17)26-18)21(27)25-10-9-14-3-6-16(23)7-4-14/h3-4,6-7,12-13H,2,5,8-11,24H2,1H3,(H,25,27). The van der Waals surface area contributed by atoms with E-state index in [-0.39, 0.29) is 5.91 Å². The Kier molecular flexibility index (Phi) is 5.56. The Morgan fingerprint density at radius 1 is 1.36 bits per heavy atom. The van der Waals surface area contributed by atoms with Crippen molar-refractivity contribution < 1.29 is 4.79 Å². The van der Waals surface area contributed by atoms with E-state index in [2.05, 4.69) is 18.3 Å². The van der Waals surface area contributed by atoms with Crippen LogP contribution in [0.5, 0.6) is 0 Å². The molecular formula is C22H24ClN3OS. The molecule has 146 valence electrons. The van der Waals surface area contributed by atoms with Gasteiger partial charge in [0.15, 0.2) is 0 Å². The van der Waals surface area contributed by atoms with Crippen molar-refractivity contribution in [3.8, 4) is 0 Å². The lowest BCUT2D eigenvalue weighted by Gasteiger charge is -2.22. The Labute approximate surface area is 174 Å². The average Bonchev–Trinajstić information content (AvgIpc) is 3.03. The summed E-state index contributed by atoms with van der Waals surface area (Å²) in [5.41, 5.74) is 10.5. The third-order valence-corrected chi connectivity index (χ3v) is 6.95. The predicted molar refractivity (Wildman–Crippen MR) is 117 cm³/mol. The van der Waals surface area contributed by atoms with Crippen molar-refractivity contribution in [2.45, 2.75) is 39.0 Å². The Morgan fingerprint density at radius 2 is 2.14 bits per heavy atom. The summed E-state index contributed by atoms with van der Waals surface area (Å²) in [4.78, 5) is 18.9. The number of pyridine rings is 1. The number of carbonyl (C=O) groups is 1. The molecule has 4 nitrogen and oxygen atoms in total. The number of aromatic nitrogens is 1. The average molecular weight is 414 g/mol. The largest absolute Gasteiger partial charge is 0.397 e. The van der Waals surface area contributed by atoms with Gasteiger partial charge in [0.25, 0.3) is 5.91 Å². The monoisotopic (exact) mass is 413 g/mol. The topological polar surface area (TPSA) is 68.0 Å². The van der Waals surface area contributed by atoms with Crippen LogP contribution in [0, 0.1) is 5.92 Å². The van der Waals surface area contributed by atoms with Crippen molar-refractivity contribution in [2.24, 2.45) is 5.92 Å². The van der Waals surface area contributed by atoms with E-state index in [9.17, 15) is 4.79 Å². The summed E-state index contributed by atoms with van der Waals surface area (Å²) in [6.45, 7) is 2.79. The highest BCUT2D eigenvalue weighted by Gasteiger charge is 2.23. The molecule has 2 heterocycles. The van der Waals surface area contributed by atoms with Crippen LogP contribution in [0.2, 0.25) is 5.02 Å². The first kappa shape index (κ1) is 19.2. The van der Waals surface area contributed by atoms with Crippen molar-refractivity contribution in [2.75, 3.05) is 12.3 Å². The molecule has 28 heavy (non-hydrogen) atoms. The van der Waals surface area contributed by atoms with Gasteiger partial charge in [-0.3, -0.25) is 4.79 Å². The number of nitrogens with one attached hydrogen (secondary N) is 1. The summed E-state index contributed by atoms with van der Waals surface area (Å²) >= 11 is 7.30. The van der Waals surface area contributed by atoms with Gasteiger partial charge in [-0.15, -0.1) is 11.3 Å². The van der Waals surface area contributed by atoms with Gasteiger partial charge in [-0.05, 0) is 60.9 Å². The van der Waals surface area contributed by atoms with Crippen LogP contribution >= 0.6 is 22.9 Å². The van der Waals surface area contributed by atoms with E-state index in [1.165, 1.54) is 35.4 Å². The number of anilines is 1. The van der Waals surface area contributed by atoms with E-state index in [4.69, 9.17) is 22.3 Å². The first-order valence-electron chi connectivity index (χ1n) is 9.78. The number of carbonyl (C=O) groups excluding carboxylic acids is 1. The van der Waals surface area contributed by atoms with Gasteiger partial charge in [-0.1, -0.05) is 37.1 Å². The summed E-state index contributed by atoms with van der Waals surface area (Å²) in [6, 6.07) is 9.83. The second kappa shape index (κ2) is 8.10. The molecule has 1 aliphatic rings. The minimum absolute atomic E-state index is 0.126. The second-order valence-corrected chi connectivity index (χ2v) is 8.88. The molecule has 1 unspecified atom stereocenters. The van der Waals surface area contributed by atoms with Crippen LogP contribution in [0.15, 0.2) is 30.3 Å². The molecule has 1 amide bonds. The minimum Gasteiger partial charge on any atom is -0.397 e. The van der Waals surface area contributed by atoms with Crippen LogP contribution in [0.3, 0.4) is 0 Å². The first-order chi connectivity index (χ1) is 13.5. The molecule has 1 aromatic carbocycles. The molecule has 0 saturated heterocycles. The number of fused-ring (bicyclic) bond motifs is 2. The Hall–Kier alpha value is -2.11. The third kappa shape index (κ3) is 3.87. The molecule has 0 radical (unpaired) electrons. The van der Waals surface area contributed by atoms with E-state index < -0.39 is 0 Å². The number of hydrogen-bond donors (Lipinski definition) is 2. The third-order valence-electron chi connectivity index (χ3n) is 5.58. The van der Waals surface area contributed by atoms with Crippen LogP contribution in [0.25, 0.3) is 10.2 Å². The normalized spacial score (nSPS) is 16.1. The van der Waals surface area contributed by atoms with E-state index in [1.54, 1.807) is 0 Å². The molecule has 0 bridgehead atoms. The van der Waals surface area contributed by atoms with Gasteiger partial charge < -0.3 is 11.1 Å². The first-order valence-corrected chi connectivity index (χ1v) is 11.0. The number of hydrogen-bond acceptors (Lipinski definition) is 4. The molecule has 6 heteroatoms. The molecule has 3 aromatic rings. The number of amides is 1. The molecule has 2 aromatic heterocycles. The van der Waals surface area contributed by atoms with Gasteiger partial charge in [0.05, 0.1) is 5.69 Å². The van der Waals surface area contributed by atoms with E-state index in [0.29, 0.717) is 22.1 Å². The molecule has 4 rings (SSSR count). The van der Waals surface area contributed by atoms with Crippen molar-refractivity contribution in [1.29, 1.82) is 0 Å². The summed E-state index contributed by atoms with van der Waals surface area (Å²) in [5.74, 6) is 0.598. The molecule has 1 atom stereocenters. The summed E-state index contributed by atoms with van der Waals surface area (Å²) in [6.07, 6.45) is 5.22. The van der Waals surface area contributed by atoms with Crippen molar-refractivity contribution >= 4 is 44.7 Å². The number of thiophene rings is 1. The lowest BCUT2D eigenvalue weighted by atomic mass is 9.85. The smallest absolute Gasteiger partial charge is 0.263 e. The molecule has 0 saturated carbocycles. The zero-order valence-corrected chi connectivity index (χ0v) is 17.5. The van der Waals surface area contributed by atoms with Gasteiger partial charge in [0.1, 0.15) is 9.71 Å². The Morgan fingerprint density at radius 3 is 2.89 bits per heavy atom. The van der Waals surface area contributed by atoms with Crippen LogP contribution in [0.1, 0.15) is 46.3 Å². The summed E-state index contributed by atoms with van der Waals surface area (Å²) in [7, 11) is 0. The highest BCUT2D eigenvalue weighted by molar-refractivity contribution is 7.21. The molecule has 0 aliphatic heterocycles. The lowest BCUT2D eigenvalue weighted by molar-refractivity contribution is 0.0959. The molecule has 0 spiro atoms. The SMILES string of the molecule is CCC1CCc2nc3sc(C(=O)NCCc4ccc(Cl)cc4)c(N)c3cc2C1. The maximum atomic E-state index is 12.7. The van der Waals surface area contributed by atoms with Gasteiger partial charge in [0.2, 0.25) is 0 Å². The Balaban J connectivity index is 1.49. The number of nitrogen functional groups attached to an aromatic ring is 1. The Bertz CT molecular complexity index is 1010. The number of benzene rings is 1. The van der Waals surface area contributed by atoms with Gasteiger partial charge in [0, 0.05) is 22.6 Å². The van der Waals surface area contributed by atoms with Crippen LogP contribution in [-0.4, -0.2) is 17.4 Å². The van der Waals surface area contributed by atoms with Crippen LogP contribution in [0.4, 0.5) is 5.69 Å². The quantitative estimate of drug-likeness (QED) is 0.617. The lowest BCUT2D eigenvalue weighted by Crippen LogP contribution is -2.25. The summed E-state index contributed by atoms with van der Waals surface area (Å²) < 4.78 is 0. The maximum absolute atomic E-state index is 12.7. The van der Waals surface area contributed by atoms with Gasteiger partial charge in [-0.2, -0.15) is 0 Å². The van der Waals surface area contributed by atoms with Crippen molar-refractivity contribution in [3.63, 3.8) is 0 Å². The fourth-order valence-electron chi connectivity index (χ4n) is 3.83. The highest BCUT2D eigenvalue weighted by Crippen LogP contribution is 2.36. The summed E-state index contributed by atoms with van der Waals surface area (Å²) in [5, 5.41) is 4.61. The molecule has 1 aliphatic carbocycles. The second-order valence-electron chi connectivity index (χ2n) is 7.44. The number of rotatable bonds is 5. The fourth-order valence-corrected chi connectivity index (χ4v) is 4.97. The van der Waals surface area contributed by atoms with E-state index in [1.807, 2.05) is 24.3 Å². The van der Waals surface area contributed by atoms with Crippen molar-refractivity contribution in [1.82, 2.24) is 10.3 Å². The molecular weight excluding hydrogens is 390 g/mol. The number of aryl methyl sites for hydroxylation is 1. The molecule has 0 fully saturated rings. The number of nitrogens with two attached hydrogens (primary N) is 1. The van der Waals surface area contributed by atoms with Crippen LogP contribution in [-0.2, 0) is 19.3 Å². The minimum atomic E-state index is -0.126. The zero-order valence-electron chi connectivity index (χ0n) is 15.9. The van der Waals surface area contributed by atoms with Crippen molar-refractivity contribution in [3.05, 3.63) is 57.1 Å². The van der Waals surface area contributed by atoms with E-state index >= 15 is 0 Å². The maximum Gasteiger partial charge on any atom is 0.263 e. The fraction of sp³-hybridized carbons (Fsp3) is 0.364. The highest BCUT2D eigenvalue weighted by atomic mass is 35.5. The van der Waals surface area contributed by atoms with Gasteiger partial charge in [-0.25, -0.2) is 4.98 Å². The predicted octanol–water partition coefficient (Wildman–Crippen LogP) is 5.02. The van der Waals surface area contributed by atoms with E-state index in [0.717, 1.165) is 41.0 Å².